The molecule has 25 heavy (non-hydrogen) atoms. The van der Waals surface area contributed by atoms with Crippen LogP contribution in [0.3, 0.4) is 0 Å². The molecule has 5 nitrogen and oxygen atoms in total. The minimum atomic E-state index is -0.404. The Labute approximate surface area is 152 Å². The molecule has 0 radical (unpaired) electrons. The van der Waals surface area contributed by atoms with Crippen LogP contribution in [0.4, 0.5) is 11.4 Å². The molecule has 0 unspecified atom stereocenters. The zero-order valence-corrected chi connectivity index (χ0v) is 15.1. The van der Waals surface area contributed by atoms with Gasteiger partial charge in [0.05, 0.1) is 11.8 Å². The quantitative estimate of drug-likeness (QED) is 0.687. The Morgan fingerprint density at radius 2 is 1.84 bits per heavy atom. The molecule has 0 spiro atoms. The summed E-state index contributed by atoms with van der Waals surface area (Å²) in [5.74, 6) is -0.404. The first kappa shape index (κ1) is 18.7. The Morgan fingerprint density at radius 1 is 1.12 bits per heavy atom. The average molecular weight is 358 g/mol. The highest BCUT2D eigenvalue weighted by Crippen LogP contribution is 2.29. The zero-order valence-electron chi connectivity index (χ0n) is 14.3. The normalized spacial score (nSPS) is 10.4. The van der Waals surface area contributed by atoms with Gasteiger partial charge in [-0.15, -0.1) is 12.4 Å². The number of aromatic nitrogens is 2. The molecule has 2 heterocycles. The minimum absolute atomic E-state index is 0. The molecule has 0 aliphatic carbocycles. The number of hydrogen-bond donors (Lipinski definition) is 1. The van der Waals surface area contributed by atoms with Crippen LogP contribution in [-0.4, -0.2) is 22.0 Å². The van der Waals surface area contributed by atoms with Crippen LogP contribution in [-0.2, 0) is 4.74 Å². The van der Waals surface area contributed by atoms with Gasteiger partial charge in [0.25, 0.3) is 0 Å². The summed E-state index contributed by atoms with van der Waals surface area (Å²) >= 11 is 0. The van der Waals surface area contributed by atoms with Crippen molar-refractivity contribution in [3.63, 3.8) is 0 Å². The van der Waals surface area contributed by atoms with Gasteiger partial charge in [-0.25, -0.2) is 14.8 Å². The highest BCUT2D eigenvalue weighted by atomic mass is 35.5. The number of benzene rings is 1. The number of fused-ring (bicyclic) bond motifs is 1. The van der Waals surface area contributed by atoms with Crippen molar-refractivity contribution in [2.45, 2.75) is 26.9 Å². The Balaban J connectivity index is 0.00000225. The molecule has 0 aliphatic rings. The molecule has 0 fully saturated rings. The fraction of sp³-hybridized carbons (Fsp3) is 0.211. The van der Waals surface area contributed by atoms with Crippen molar-refractivity contribution in [2.75, 3.05) is 5.32 Å². The van der Waals surface area contributed by atoms with E-state index >= 15 is 0 Å². The van der Waals surface area contributed by atoms with Gasteiger partial charge in [-0.3, -0.25) is 0 Å². The van der Waals surface area contributed by atoms with Gasteiger partial charge in [-0.1, -0.05) is 18.2 Å². The van der Waals surface area contributed by atoms with Gasteiger partial charge in [0, 0.05) is 23.0 Å². The molecule has 3 rings (SSSR count). The minimum Gasteiger partial charge on any atom is -0.459 e. The Kier molecular flexibility index (Phi) is 5.93. The van der Waals surface area contributed by atoms with E-state index in [9.17, 15) is 4.79 Å². The Bertz CT molecular complexity index is 882. The first-order valence-electron chi connectivity index (χ1n) is 7.84. The van der Waals surface area contributed by atoms with E-state index in [1.807, 2.05) is 63.2 Å². The average Bonchev–Trinajstić information content (AvgIpc) is 2.55. The number of aryl methyl sites for hydroxylation is 1. The summed E-state index contributed by atoms with van der Waals surface area (Å²) in [6.07, 6.45) is 1.32. The molecule has 0 bridgehead atoms. The Hall–Kier alpha value is -2.66. The summed E-state index contributed by atoms with van der Waals surface area (Å²) < 4.78 is 5.35. The summed E-state index contributed by atoms with van der Waals surface area (Å²) in [7, 11) is 0. The van der Waals surface area contributed by atoms with Crippen LogP contribution >= 0.6 is 12.4 Å². The first-order valence-corrected chi connectivity index (χ1v) is 7.84. The van der Waals surface area contributed by atoms with Crippen LogP contribution in [0.25, 0.3) is 11.0 Å². The molecule has 1 N–H and O–H groups in total. The van der Waals surface area contributed by atoms with Gasteiger partial charge in [0.2, 0.25) is 0 Å². The molecular formula is C19H20ClN3O2. The number of carbonyl (C=O) groups excluding carboxylic acids is 1. The molecule has 0 amide bonds. The summed E-state index contributed by atoms with van der Waals surface area (Å²) in [6.45, 7) is 5.55. The molecular weight excluding hydrogens is 338 g/mol. The standard InChI is InChI=1S/C19H19N3O2.ClH/c1-12(2)24-19(23)16-11-20-18-15(10-9-13(3)21-18)17(16)22-14-7-5-4-6-8-14;/h4-12H,1-3H3,(H,20,21,22);1H. The number of nitrogens with one attached hydrogen (secondary N) is 1. The second kappa shape index (κ2) is 7.94. The van der Waals surface area contributed by atoms with Crippen molar-refractivity contribution < 1.29 is 9.53 Å². The fourth-order valence-corrected chi connectivity index (χ4v) is 2.40. The first-order chi connectivity index (χ1) is 11.5. The summed E-state index contributed by atoms with van der Waals surface area (Å²) in [6, 6.07) is 13.5. The third kappa shape index (κ3) is 4.25. The van der Waals surface area contributed by atoms with E-state index in [-0.39, 0.29) is 18.5 Å². The van der Waals surface area contributed by atoms with Gasteiger partial charge in [-0.2, -0.15) is 0 Å². The number of esters is 1. The van der Waals surface area contributed by atoms with Crippen molar-refractivity contribution >= 4 is 40.8 Å². The maximum Gasteiger partial charge on any atom is 0.342 e. The van der Waals surface area contributed by atoms with E-state index in [1.165, 1.54) is 6.20 Å². The lowest BCUT2D eigenvalue weighted by Crippen LogP contribution is -2.14. The molecule has 0 aliphatic heterocycles. The number of para-hydroxylation sites is 1. The Morgan fingerprint density at radius 3 is 2.52 bits per heavy atom. The van der Waals surface area contributed by atoms with E-state index in [1.54, 1.807) is 0 Å². The number of rotatable bonds is 4. The molecule has 6 heteroatoms. The fourth-order valence-electron chi connectivity index (χ4n) is 2.40. The number of hydrogen-bond acceptors (Lipinski definition) is 5. The lowest BCUT2D eigenvalue weighted by Gasteiger charge is -2.15. The highest BCUT2D eigenvalue weighted by Gasteiger charge is 2.18. The van der Waals surface area contributed by atoms with Crippen LogP contribution in [0.5, 0.6) is 0 Å². The predicted octanol–water partition coefficient (Wildman–Crippen LogP) is 4.67. The summed E-state index contributed by atoms with van der Waals surface area (Å²) in [5, 5.41) is 4.09. The molecule has 2 aromatic heterocycles. The molecule has 0 saturated heterocycles. The number of nitrogens with zero attached hydrogens (tertiary/aromatic N) is 2. The maximum atomic E-state index is 12.5. The van der Waals surface area contributed by atoms with Crippen LogP contribution in [0.1, 0.15) is 29.9 Å². The van der Waals surface area contributed by atoms with Crippen molar-refractivity contribution in [3.05, 3.63) is 59.9 Å². The van der Waals surface area contributed by atoms with E-state index in [2.05, 4.69) is 15.3 Å². The smallest absolute Gasteiger partial charge is 0.342 e. The van der Waals surface area contributed by atoms with E-state index in [4.69, 9.17) is 4.74 Å². The van der Waals surface area contributed by atoms with Crippen molar-refractivity contribution in [1.29, 1.82) is 0 Å². The topological polar surface area (TPSA) is 64.1 Å². The van der Waals surface area contributed by atoms with Crippen molar-refractivity contribution in [3.8, 4) is 0 Å². The lowest BCUT2D eigenvalue weighted by molar-refractivity contribution is 0.0379. The van der Waals surface area contributed by atoms with Gasteiger partial charge in [0.15, 0.2) is 5.65 Å². The number of carbonyl (C=O) groups is 1. The zero-order chi connectivity index (χ0) is 17.1. The van der Waals surface area contributed by atoms with Crippen molar-refractivity contribution in [1.82, 2.24) is 9.97 Å². The largest absolute Gasteiger partial charge is 0.459 e. The second-order valence-corrected chi connectivity index (χ2v) is 5.82. The number of ether oxygens (including phenoxy) is 1. The monoisotopic (exact) mass is 357 g/mol. The summed E-state index contributed by atoms with van der Waals surface area (Å²) in [4.78, 5) is 21.2. The van der Waals surface area contributed by atoms with Crippen LogP contribution in [0.15, 0.2) is 48.7 Å². The molecule has 1 aromatic carbocycles. The van der Waals surface area contributed by atoms with E-state index in [0.29, 0.717) is 16.9 Å². The van der Waals surface area contributed by atoms with Crippen LogP contribution in [0, 0.1) is 6.92 Å². The summed E-state index contributed by atoms with van der Waals surface area (Å²) in [5.41, 5.74) is 3.40. The SMILES string of the molecule is Cc1ccc2c(Nc3ccccc3)c(C(=O)OC(C)C)cnc2n1.Cl. The van der Waals surface area contributed by atoms with Gasteiger partial charge in [-0.05, 0) is 45.0 Å². The molecule has 0 saturated carbocycles. The lowest BCUT2D eigenvalue weighted by atomic mass is 10.1. The predicted molar refractivity (Wildman–Crippen MR) is 102 cm³/mol. The number of pyridine rings is 2. The third-order valence-corrected chi connectivity index (χ3v) is 3.47. The molecule has 130 valence electrons. The van der Waals surface area contributed by atoms with Crippen LogP contribution in [0.2, 0.25) is 0 Å². The number of anilines is 2. The molecule has 0 atom stereocenters. The second-order valence-electron chi connectivity index (χ2n) is 5.82. The van der Waals surface area contributed by atoms with Gasteiger partial charge >= 0.3 is 5.97 Å². The maximum absolute atomic E-state index is 12.5. The number of halogens is 1. The van der Waals surface area contributed by atoms with E-state index in [0.717, 1.165) is 16.8 Å². The van der Waals surface area contributed by atoms with Gasteiger partial charge < -0.3 is 10.1 Å². The molecule has 3 aromatic rings. The van der Waals surface area contributed by atoms with E-state index < -0.39 is 5.97 Å². The van der Waals surface area contributed by atoms with Gasteiger partial charge in [0.1, 0.15) is 5.56 Å². The van der Waals surface area contributed by atoms with Crippen molar-refractivity contribution in [2.24, 2.45) is 0 Å². The van der Waals surface area contributed by atoms with Crippen LogP contribution < -0.4 is 5.32 Å². The highest BCUT2D eigenvalue weighted by molar-refractivity contribution is 6.05. The third-order valence-electron chi connectivity index (χ3n) is 3.47.